The summed E-state index contributed by atoms with van der Waals surface area (Å²) in [6.45, 7) is 1.97. The van der Waals surface area contributed by atoms with Crippen LogP contribution in [0.5, 0.6) is 0 Å². The van der Waals surface area contributed by atoms with Crippen LogP contribution in [0.25, 0.3) is 0 Å². The van der Waals surface area contributed by atoms with Gasteiger partial charge in [0.05, 0.1) is 6.04 Å². The van der Waals surface area contributed by atoms with Crippen LogP contribution in [0.3, 0.4) is 0 Å². The van der Waals surface area contributed by atoms with Crippen molar-refractivity contribution in [2.75, 3.05) is 0 Å². The van der Waals surface area contributed by atoms with Crippen molar-refractivity contribution in [3.8, 4) is 0 Å². The Morgan fingerprint density at radius 1 is 1.00 bits per heavy atom. The average molecular weight is 268 g/mol. The molecular formula is C17H20N2O. The van der Waals surface area contributed by atoms with Gasteiger partial charge in [-0.05, 0) is 18.1 Å². The lowest BCUT2D eigenvalue weighted by Crippen LogP contribution is -2.29. The fourth-order valence-corrected chi connectivity index (χ4v) is 2.14. The zero-order valence-electron chi connectivity index (χ0n) is 11.6. The highest BCUT2D eigenvalue weighted by Crippen LogP contribution is 2.15. The van der Waals surface area contributed by atoms with Gasteiger partial charge in [-0.1, -0.05) is 60.7 Å². The fraction of sp³-hybridized carbons (Fsp3) is 0.235. The van der Waals surface area contributed by atoms with E-state index in [4.69, 9.17) is 5.73 Å². The first kappa shape index (κ1) is 14.3. The minimum atomic E-state index is -0.265. The summed E-state index contributed by atoms with van der Waals surface area (Å²) in [5.41, 5.74) is 8.12. The Morgan fingerprint density at radius 3 is 2.05 bits per heavy atom. The van der Waals surface area contributed by atoms with Crippen LogP contribution in [-0.4, -0.2) is 5.91 Å². The summed E-state index contributed by atoms with van der Waals surface area (Å²) in [6.07, 6.45) is 0.293. The quantitative estimate of drug-likeness (QED) is 0.876. The number of carbonyl (C=O) groups excluding carboxylic acids is 1. The summed E-state index contributed by atoms with van der Waals surface area (Å²) >= 11 is 0. The van der Waals surface area contributed by atoms with Crippen molar-refractivity contribution >= 4 is 5.91 Å². The molecule has 3 nitrogen and oxygen atoms in total. The van der Waals surface area contributed by atoms with E-state index in [1.54, 1.807) is 0 Å². The van der Waals surface area contributed by atoms with E-state index in [2.05, 4.69) is 5.32 Å². The number of hydrogen-bond donors (Lipinski definition) is 2. The maximum Gasteiger partial charge on any atom is 0.222 e. The van der Waals surface area contributed by atoms with E-state index in [0.29, 0.717) is 6.42 Å². The molecule has 2 aromatic rings. The first-order valence-corrected chi connectivity index (χ1v) is 6.81. The van der Waals surface area contributed by atoms with Crippen LogP contribution in [-0.2, 0) is 4.79 Å². The van der Waals surface area contributed by atoms with E-state index in [1.807, 2.05) is 67.6 Å². The maximum atomic E-state index is 12.0. The molecule has 0 radical (unpaired) electrons. The van der Waals surface area contributed by atoms with Crippen LogP contribution in [0, 0.1) is 0 Å². The van der Waals surface area contributed by atoms with Crippen LogP contribution < -0.4 is 11.1 Å². The Hall–Kier alpha value is -2.13. The molecule has 0 fully saturated rings. The second-order valence-corrected chi connectivity index (χ2v) is 4.92. The molecular weight excluding hydrogens is 248 g/mol. The van der Waals surface area contributed by atoms with Crippen LogP contribution in [0.4, 0.5) is 0 Å². The van der Waals surface area contributed by atoms with Crippen molar-refractivity contribution < 1.29 is 4.79 Å². The molecule has 3 heteroatoms. The van der Waals surface area contributed by atoms with Crippen LogP contribution in [0.2, 0.25) is 0 Å². The summed E-state index contributed by atoms with van der Waals surface area (Å²) in [5.74, 6) is -0.0299. The Kier molecular flexibility index (Phi) is 4.91. The molecule has 0 saturated heterocycles. The van der Waals surface area contributed by atoms with Gasteiger partial charge in [-0.15, -0.1) is 0 Å². The van der Waals surface area contributed by atoms with Crippen molar-refractivity contribution in [2.24, 2.45) is 5.73 Å². The van der Waals surface area contributed by atoms with Crippen molar-refractivity contribution in [3.05, 3.63) is 71.8 Å². The topological polar surface area (TPSA) is 55.1 Å². The molecule has 0 heterocycles. The predicted molar refractivity (Wildman–Crippen MR) is 81.0 cm³/mol. The average Bonchev–Trinajstić information content (AvgIpc) is 2.49. The monoisotopic (exact) mass is 268 g/mol. The molecule has 3 N–H and O–H groups in total. The number of carbonyl (C=O) groups is 1. The van der Waals surface area contributed by atoms with Gasteiger partial charge in [0.1, 0.15) is 0 Å². The largest absolute Gasteiger partial charge is 0.350 e. The molecule has 2 rings (SSSR count). The first-order valence-electron chi connectivity index (χ1n) is 6.81. The molecule has 0 aliphatic carbocycles. The normalized spacial score (nSPS) is 13.5. The zero-order chi connectivity index (χ0) is 14.4. The second kappa shape index (κ2) is 6.87. The summed E-state index contributed by atoms with van der Waals surface area (Å²) in [6, 6.07) is 19.3. The molecule has 0 aliphatic heterocycles. The van der Waals surface area contributed by atoms with Crippen molar-refractivity contribution in [2.45, 2.75) is 25.4 Å². The molecule has 0 bridgehead atoms. The summed E-state index contributed by atoms with van der Waals surface area (Å²) in [7, 11) is 0. The van der Waals surface area contributed by atoms with Gasteiger partial charge in [0.15, 0.2) is 0 Å². The van der Waals surface area contributed by atoms with Gasteiger partial charge in [-0.2, -0.15) is 0 Å². The number of benzene rings is 2. The van der Waals surface area contributed by atoms with Crippen molar-refractivity contribution in [3.63, 3.8) is 0 Å². The molecule has 104 valence electrons. The van der Waals surface area contributed by atoms with Gasteiger partial charge in [-0.25, -0.2) is 0 Å². The second-order valence-electron chi connectivity index (χ2n) is 4.92. The third-order valence-electron chi connectivity index (χ3n) is 3.31. The Morgan fingerprint density at radius 2 is 1.50 bits per heavy atom. The number of amides is 1. The van der Waals surface area contributed by atoms with Crippen molar-refractivity contribution in [1.29, 1.82) is 0 Å². The minimum absolute atomic E-state index is 0.00771. The van der Waals surface area contributed by atoms with Crippen LogP contribution in [0.15, 0.2) is 60.7 Å². The fourth-order valence-electron chi connectivity index (χ4n) is 2.14. The zero-order valence-corrected chi connectivity index (χ0v) is 11.6. The SMILES string of the molecule is C[C@@H](NC(=O)C[C@H](N)c1ccccc1)c1ccccc1. The van der Waals surface area contributed by atoms with Crippen LogP contribution >= 0.6 is 0 Å². The lowest BCUT2D eigenvalue weighted by Gasteiger charge is -2.17. The number of rotatable bonds is 5. The highest BCUT2D eigenvalue weighted by Gasteiger charge is 2.14. The summed E-state index contributed by atoms with van der Waals surface area (Å²) < 4.78 is 0. The Balaban J connectivity index is 1.90. The van der Waals surface area contributed by atoms with E-state index in [9.17, 15) is 4.79 Å². The van der Waals surface area contributed by atoms with Gasteiger partial charge >= 0.3 is 0 Å². The van der Waals surface area contributed by atoms with Gasteiger partial charge in [0.2, 0.25) is 5.91 Å². The molecule has 0 aliphatic rings. The van der Waals surface area contributed by atoms with Gasteiger partial charge in [-0.3, -0.25) is 4.79 Å². The molecule has 2 atom stereocenters. The Labute approximate surface area is 119 Å². The molecule has 0 unspecified atom stereocenters. The molecule has 0 spiro atoms. The van der Waals surface area contributed by atoms with Gasteiger partial charge < -0.3 is 11.1 Å². The number of nitrogens with two attached hydrogens (primary N) is 1. The first-order chi connectivity index (χ1) is 9.66. The lowest BCUT2D eigenvalue weighted by molar-refractivity contribution is -0.122. The van der Waals surface area contributed by atoms with E-state index in [0.717, 1.165) is 11.1 Å². The highest BCUT2D eigenvalue weighted by atomic mass is 16.1. The third-order valence-corrected chi connectivity index (χ3v) is 3.31. The molecule has 2 aromatic carbocycles. The number of hydrogen-bond acceptors (Lipinski definition) is 2. The summed E-state index contributed by atoms with van der Waals surface area (Å²) in [5, 5.41) is 2.98. The molecule has 0 saturated carbocycles. The predicted octanol–water partition coefficient (Wildman–Crippen LogP) is 2.95. The Bertz CT molecular complexity index is 490. The van der Waals surface area contributed by atoms with E-state index in [1.165, 1.54) is 0 Å². The highest BCUT2D eigenvalue weighted by molar-refractivity contribution is 5.77. The third kappa shape index (κ3) is 3.93. The number of nitrogens with one attached hydrogen (secondary N) is 1. The molecule has 0 aromatic heterocycles. The molecule has 20 heavy (non-hydrogen) atoms. The molecule has 1 amide bonds. The van der Waals surface area contributed by atoms with Crippen LogP contribution in [0.1, 0.15) is 36.6 Å². The smallest absolute Gasteiger partial charge is 0.222 e. The lowest BCUT2D eigenvalue weighted by atomic mass is 10.0. The standard InChI is InChI=1S/C17H20N2O/c1-13(14-8-4-2-5-9-14)19-17(20)12-16(18)15-10-6-3-7-11-15/h2-11,13,16H,12,18H2,1H3,(H,19,20)/t13-,16+/m1/s1. The van der Waals surface area contributed by atoms with E-state index < -0.39 is 0 Å². The van der Waals surface area contributed by atoms with Gasteiger partial charge in [0.25, 0.3) is 0 Å². The van der Waals surface area contributed by atoms with Gasteiger partial charge in [0, 0.05) is 12.5 Å². The maximum absolute atomic E-state index is 12.0. The van der Waals surface area contributed by atoms with E-state index in [-0.39, 0.29) is 18.0 Å². The minimum Gasteiger partial charge on any atom is -0.350 e. The summed E-state index contributed by atoms with van der Waals surface area (Å²) in [4.78, 5) is 12.0. The van der Waals surface area contributed by atoms with Crippen molar-refractivity contribution in [1.82, 2.24) is 5.32 Å². The van der Waals surface area contributed by atoms with E-state index >= 15 is 0 Å².